The maximum atomic E-state index is 11.8. The van der Waals surface area contributed by atoms with Gasteiger partial charge in [-0.15, -0.1) is 0 Å². The van der Waals surface area contributed by atoms with Gasteiger partial charge in [0.2, 0.25) is 0 Å². The standard InChI is InChI=1S/C20H20ClNO5/c1-3-18(23)14-5-8-16(9-6-14)26-12-20(25)27-11-19(24)22-15-7-4-13(2)17(21)10-15/h4-10H,3,11-12H2,1-2H3,(H,22,24). The molecule has 0 heterocycles. The van der Waals surface area contributed by atoms with E-state index >= 15 is 0 Å². The summed E-state index contributed by atoms with van der Waals surface area (Å²) >= 11 is 5.99. The number of hydrogen-bond donors (Lipinski definition) is 1. The second kappa shape index (κ2) is 9.73. The van der Waals surface area contributed by atoms with Gasteiger partial charge in [-0.3, -0.25) is 9.59 Å². The number of ketones is 1. The summed E-state index contributed by atoms with van der Waals surface area (Å²) in [4.78, 5) is 35.0. The van der Waals surface area contributed by atoms with Crippen molar-refractivity contribution in [3.05, 3.63) is 58.6 Å². The highest BCUT2D eigenvalue weighted by Gasteiger charge is 2.10. The zero-order valence-corrected chi connectivity index (χ0v) is 15.8. The molecule has 2 rings (SSSR count). The molecule has 27 heavy (non-hydrogen) atoms. The van der Waals surface area contributed by atoms with E-state index in [9.17, 15) is 14.4 Å². The van der Waals surface area contributed by atoms with Crippen molar-refractivity contribution in [1.29, 1.82) is 0 Å². The largest absolute Gasteiger partial charge is 0.482 e. The van der Waals surface area contributed by atoms with Crippen LogP contribution in [-0.2, 0) is 14.3 Å². The fraction of sp³-hybridized carbons (Fsp3) is 0.250. The molecule has 0 atom stereocenters. The molecule has 0 saturated carbocycles. The topological polar surface area (TPSA) is 81.7 Å². The van der Waals surface area contributed by atoms with E-state index in [4.69, 9.17) is 21.1 Å². The van der Waals surface area contributed by atoms with E-state index in [-0.39, 0.29) is 12.4 Å². The minimum atomic E-state index is -0.680. The van der Waals surface area contributed by atoms with Crippen LogP contribution in [0.15, 0.2) is 42.5 Å². The van der Waals surface area contributed by atoms with Gasteiger partial charge in [0.1, 0.15) is 5.75 Å². The molecule has 0 aliphatic rings. The number of carbonyl (C=O) groups excluding carboxylic acids is 3. The van der Waals surface area contributed by atoms with E-state index in [1.54, 1.807) is 49.4 Å². The molecular formula is C20H20ClNO5. The van der Waals surface area contributed by atoms with E-state index in [1.807, 2.05) is 6.92 Å². The van der Waals surface area contributed by atoms with Crippen LogP contribution in [0.3, 0.4) is 0 Å². The molecule has 0 aliphatic heterocycles. The van der Waals surface area contributed by atoms with Crippen molar-refractivity contribution >= 4 is 34.9 Å². The summed E-state index contributed by atoms with van der Waals surface area (Å²) in [5.74, 6) is -0.702. The predicted molar refractivity (Wildman–Crippen MR) is 102 cm³/mol. The van der Waals surface area contributed by atoms with Crippen LogP contribution in [0.4, 0.5) is 5.69 Å². The summed E-state index contributed by atoms with van der Waals surface area (Å²) in [7, 11) is 0. The Morgan fingerprint density at radius 2 is 1.74 bits per heavy atom. The van der Waals surface area contributed by atoms with Crippen molar-refractivity contribution in [2.24, 2.45) is 0 Å². The first-order chi connectivity index (χ1) is 12.9. The first-order valence-electron chi connectivity index (χ1n) is 8.36. The molecule has 7 heteroatoms. The average molecular weight is 390 g/mol. The van der Waals surface area contributed by atoms with Gasteiger partial charge in [0, 0.05) is 22.7 Å². The van der Waals surface area contributed by atoms with Crippen LogP contribution >= 0.6 is 11.6 Å². The zero-order valence-electron chi connectivity index (χ0n) is 15.1. The summed E-state index contributed by atoms with van der Waals surface area (Å²) < 4.78 is 10.1. The van der Waals surface area contributed by atoms with Gasteiger partial charge < -0.3 is 14.8 Å². The van der Waals surface area contributed by atoms with Gasteiger partial charge in [0.15, 0.2) is 19.0 Å². The number of nitrogens with one attached hydrogen (secondary N) is 1. The number of esters is 1. The summed E-state index contributed by atoms with van der Waals surface area (Å²) in [6.07, 6.45) is 0.420. The number of halogens is 1. The van der Waals surface area contributed by atoms with Crippen molar-refractivity contribution in [3.8, 4) is 5.75 Å². The Hall–Kier alpha value is -2.86. The van der Waals surface area contributed by atoms with E-state index in [0.717, 1.165) is 5.56 Å². The molecule has 0 bridgehead atoms. The summed E-state index contributed by atoms with van der Waals surface area (Å²) in [6.45, 7) is 2.86. The zero-order chi connectivity index (χ0) is 19.8. The number of hydrogen-bond acceptors (Lipinski definition) is 5. The molecule has 0 aromatic heterocycles. The van der Waals surface area contributed by atoms with E-state index in [2.05, 4.69) is 5.32 Å². The van der Waals surface area contributed by atoms with Gasteiger partial charge in [0.05, 0.1) is 0 Å². The molecular weight excluding hydrogens is 370 g/mol. The molecule has 1 N–H and O–H groups in total. The van der Waals surface area contributed by atoms with Crippen LogP contribution in [0.5, 0.6) is 5.75 Å². The second-order valence-electron chi connectivity index (χ2n) is 5.76. The Kier molecular flexibility index (Phi) is 7.37. The number of ether oxygens (including phenoxy) is 2. The van der Waals surface area contributed by atoms with Crippen molar-refractivity contribution < 1.29 is 23.9 Å². The number of aryl methyl sites for hydroxylation is 1. The minimum absolute atomic E-state index is 0.0295. The van der Waals surface area contributed by atoms with Crippen LogP contribution in [0.1, 0.15) is 29.3 Å². The van der Waals surface area contributed by atoms with Gasteiger partial charge in [0.25, 0.3) is 5.91 Å². The monoisotopic (exact) mass is 389 g/mol. The van der Waals surface area contributed by atoms with Gasteiger partial charge in [-0.05, 0) is 48.9 Å². The minimum Gasteiger partial charge on any atom is -0.482 e. The van der Waals surface area contributed by atoms with Crippen LogP contribution in [-0.4, -0.2) is 30.9 Å². The smallest absolute Gasteiger partial charge is 0.344 e. The van der Waals surface area contributed by atoms with Gasteiger partial charge in [-0.2, -0.15) is 0 Å². The second-order valence-corrected chi connectivity index (χ2v) is 6.17. The molecule has 1 amide bonds. The SMILES string of the molecule is CCC(=O)c1ccc(OCC(=O)OCC(=O)Nc2ccc(C)c(Cl)c2)cc1. The van der Waals surface area contributed by atoms with Crippen molar-refractivity contribution in [2.45, 2.75) is 20.3 Å². The van der Waals surface area contributed by atoms with Crippen LogP contribution < -0.4 is 10.1 Å². The Labute approximate surface area is 162 Å². The molecule has 2 aromatic carbocycles. The fourth-order valence-corrected chi connectivity index (χ4v) is 2.32. The number of benzene rings is 2. The molecule has 0 aliphatic carbocycles. The molecule has 6 nitrogen and oxygen atoms in total. The van der Waals surface area contributed by atoms with E-state index in [1.165, 1.54) is 0 Å². The molecule has 0 saturated heterocycles. The third-order valence-corrected chi connectivity index (χ3v) is 4.08. The molecule has 0 radical (unpaired) electrons. The molecule has 2 aromatic rings. The van der Waals surface area contributed by atoms with Gasteiger partial charge in [-0.25, -0.2) is 4.79 Å². The lowest BCUT2D eigenvalue weighted by Crippen LogP contribution is -2.23. The third-order valence-electron chi connectivity index (χ3n) is 3.67. The number of anilines is 1. The number of amides is 1. The van der Waals surface area contributed by atoms with Gasteiger partial charge in [-0.1, -0.05) is 24.6 Å². The van der Waals surface area contributed by atoms with Crippen LogP contribution in [0.2, 0.25) is 5.02 Å². The van der Waals surface area contributed by atoms with E-state index in [0.29, 0.717) is 28.4 Å². The maximum Gasteiger partial charge on any atom is 0.344 e. The van der Waals surface area contributed by atoms with Crippen LogP contribution in [0, 0.1) is 6.92 Å². The summed E-state index contributed by atoms with van der Waals surface area (Å²) in [5, 5.41) is 3.12. The highest BCUT2D eigenvalue weighted by molar-refractivity contribution is 6.31. The third kappa shape index (κ3) is 6.42. The van der Waals surface area contributed by atoms with Crippen molar-refractivity contribution in [3.63, 3.8) is 0 Å². The first kappa shape index (κ1) is 20.5. The van der Waals surface area contributed by atoms with E-state index < -0.39 is 18.5 Å². The highest BCUT2D eigenvalue weighted by Crippen LogP contribution is 2.19. The number of carbonyl (C=O) groups is 3. The molecule has 0 unspecified atom stereocenters. The van der Waals surface area contributed by atoms with Crippen molar-refractivity contribution in [2.75, 3.05) is 18.5 Å². The van der Waals surface area contributed by atoms with Gasteiger partial charge >= 0.3 is 5.97 Å². The Morgan fingerprint density at radius 1 is 1.04 bits per heavy atom. The normalized spacial score (nSPS) is 10.2. The summed E-state index contributed by atoms with van der Waals surface area (Å²) in [6, 6.07) is 11.6. The molecule has 0 spiro atoms. The lowest BCUT2D eigenvalue weighted by atomic mass is 10.1. The quantitative estimate of drug-likeness (QED) is 0.548. The highest BCUT2D eigenvalue weighted by atomic mass is 35.5. The van der Waals surface area contributed by atoms with Crippen molar-refractivity contribution in [1.82, 2.24) is 0 Å². The summed E-state index contributed by atoms with van der Waals surface area (Å²) in [5.41, 5.74) is 2.00. The predicted octanol–water partition coefficient (Wildman–Crippen LogP) is 3.80. The Morgan fingerprint density at radius 3 is 2.37 bits per heavy atom. The maximum absolute atomic E-state index is 11.8. The lowest BCUT2D eigenvalue weighted by Gasteiger charge is -2.09. The lowest BCUT2D eigenvalue weighted by molar-refractivity contribution is -0.149. The number of Topliss-reactive ketones (excluding diaryl/α,β-unsaturated/α-hetero) is 1. The Bertz CT molecular complexity index is 833. The Balaban J connectivity index is 1.74. The molecule has 142 valence electrons. The molecule has 0 fully saturated rings. The fourth-order valence-electron chi connectivity index (χ4n) is 2.14. The first-order valence-corrected chi connectivity index (χ1v) is 8.74. The average Bonchev–Trinajstić information content (AvgIpc) is 2.67. The van der Waals surface area contributed by atoms with Crippen LogP contribution in [0.25, 0.3) is 0 Å². The number of rotatable bonds is 8.